The fourth-order valence-corrected chi connectivity index (χ4v) is 4.01. The molecule has 0 saturated carbocycles. The van der Waals surface area contributed by atoms with Crippen LogP contribution in [0.2, 0.25) is 0 Å². The number of aliphatic imine (C=N–C) groups is 1. The van der Waals surface area contributed by atoms with Crippen molar-refractivity contribution in [2.45, 2.75) is 12.1 Å². The van der Waals surface area contributed by atoms with Gasteiger partial charge in [0.15, 0.2) is 0 Å². The van der Waals surface area contributed by atoms with Gasteiger partial charge in [-0.05, 0) is 35.9 Å². The fraction of sp³-hybridized carbons (Fsp3) is 0.176. The number of fused-ring (bicyclic) bond motifs is 1. The van der Waals surface area contributed by atoms with Crippen LogP contribution in [0.15, 0.2) is 53.5 Å². The van der Waals surface area contributed by atoms with Gasteiger partial charge in [0.25, 0.3) is 0 Å². The molecule has 0 bridgehead atoms. The number of hydrogen-bond donors (Lipinski definition) is 1. The average Bonchev–Trinajstić information content (AvgIpc) is 2.60. The summed E-state index contributed by atoms with van der Waals surface area (Å²) in [5, 5.41) is 2.63. The van der Waals surface area contributed by atoms with Gasteiger partial charge in [-0.25, -0.2) is 4.99 Å². The Kier molecular flexibility index (Phi) is 5.77. The predicted octanol–water partition coefficient (Wildman–Crippen LogP) is 5.19. The number of hydrogen-bond acceptors (Lipinski definition) is 5. The lowest BCUT2D eigenvalue weighted by Crippen LogP contribution is -2.17. The number of thioether (sulfide) groups is 2. The van der Waals surface area contributed by atoms with Crippen LogP contribution >= 0.6 is 23.5 Å². The molecule has 0 spiro atoms. The van der Waals surface area contributed by atoms with Crippen molar-refractivity contribution in [3.63, 3.8) is 0 Å². The summed E-state index contributed by atoms with van der Waals surface area (Å²) >= 11 is 2.90. The number of benzene rings is 2. The number of ether oxygens (including phenoxy) is 1. The fourth-order valence-electron chi connectivity index (χ4n) is 2.15. The largest absolute Gasteiger partial charge is 0.573 e. The van der Waals surface area contributed by atoms with Crippen molar-refractivity contribution in [2.24, 2.45) is 4.99 Å². The zero-order valence-corrected chi connectivity index (χ0v) is 14.9. The van der Waals surface area contributed by atoms with Crippen LogP contribution in [0.4, 0.5) is 24.5 Å². The Bertz CT molecular complexity index is 824. The van der Waals surface area contributed by atoms with Gasteiger partial charge in [0.1, 0.15) is 10.1 Å². The summed E-state index contributed by atoms with van der Waals surface area (Å²) in [5.41, 5.74) is 2.47. The SMILES string of the molecule is O=C(CSC1=Nc2ccccc2CS1)Nc1ccc(OC(F)(F)F)cc1. The maximum absolute atomic E-state index is 12.1. The Morgan fingerprint density at radius 2 is 1.92 bits per heavy atom. The highest BCUT2D eigenvalue weighted by atomic mass is 32.2. The van der Waals surface area contributed by atoms with Gasteiger partial charge in [-0.1, -0.05) is 41.7 Å². The van der Waals surface area contributed by atoms with Gasteiger partial charge in [-0.3, -0.25) is 4.79 Å². The van der Waals surface area contributed by atoms with Crippen LogP contribution in [0, 0.1) is 0 Å². The second kappa shape index (κ2) is 8.05. The van der Waals surface area contributed by atoms with E-state index in [1.807, 2.05) is 24.3 Å². The second-order valence-corrected chi connectivity index (χ2v) is 7.39. The minimum atomic E-state index is -4.74. The number of carbonyl (C=O) groups is 1. The number of halogens is 3. The number of carbonyl (C=O) groups excluding carboxylic acids is 1. The summed E-state index contributed by atoms with van der Waals surface area (Å²) in [6.07, 6.45) is -4.74. The Balaban J connectivity index is 1.51. The van der Waals surface area contributed by atoms with Gasteiger partial charge in [0.2, 0.25) is 5.91 Å². The first-order valence-electron chi connectivity index (χ1n) is 7.47. The summed E-state index contributed by atoms with van der Waals surface area (Å²) in [6.45, 7) is 0. The van der Waals surface area contributed by atoms with Crippen LogP contribution in [0.3, 0.4) is 0 Å². The first-order valence-corrected chi connectivity index (χ1v) is 9.44. The van der Waals surface area contributed by atoms with Gasteiger partial charge in [-0.2, -0.15) is 0 Å². The lowest BCUT2D eigenvalue weighted by Gasteiger charge is -2.14. The highest BCUT2D eigenvalue weighted by Crippen LogP contribution is 2.34. The molecule has 2 aromatic carbocycles. The van der Waals surface area contributed by atoms with Crippen molar-refractivity contribution < 1.29 is 22.7 Å². The molecular formula is C17H13F3N2O2S2. The monoisotopic (exact) mass is 398 g/mol. The van der Waals surface area contributed by atoms with E-state index in [-0.39, 0.29) is 17.4 Å². The molecule has 0 fully saturated rings. The van der Waals surface area contributed by atoms with Crippen molar-refractivity contribution in [1.29, 1.82) is 0 Å². The van der Waals surface area contributed by atoms with Crippen molar-refractivity contribution >= 4 is 45.2 Å². The molecule has 2 aromatic rings. The first kappa shape index (κ1) is 18.7. The highest BCUT2D eigenvalue weighted by Gasteiger charge is 2.30. The Hall–Kier alpha value is -2.13. The van der Waals surface area contributed by atoms with Crippen LogP contribution in [0.5, 0.6) is 5.75 Å². The molecule has 0 aromatic heterocycles. The van der Waals surface area contributed by atoms with E-state index in [0.717, 1.165) is 33.5 Å². The number of para-hydroxylation sites is 1. The van der Waals surface area contributed by atoms with E-state index in [2.05, 4.69) is 15.0 Å². The normalized spacial score (nSPS) is 13.6. The average molecular weight is 398 g/mol. The molecule has 0 aliphatic carbocycles. The molecular weight excluding hydrogens is 385 g/mol. The van der Waals surface area contributed by atoms with Crippen LogP contribution in [0.1, 0.15) is 5.56 Å². The summed E-state index contributed by atoms with van der Waals surface area (Å²) in [6, 6.07) is 12.8. The molecule has 1 amide bonds. The van der Waals surface area contributed by atoms with Gasteiger partial charge in [0.05, 0.1) is 11.4 Å². The minimum Gasteiger partial charge on any atom is -0.406 e. The lowest BCUT2D eigenvalue weighted by molar-refractivity contribution is -0.274. The van der Waals surface area contributed by atoms with E-state index in [1.165, 1.54) is 23.9 Å². The third-order valence-corrected chi connectivity index (χ3v) is 5.50. The third kappa shape index (κ3) is 5.43. The van der Waals surface area contributed by atoms with Gasteiger partial charge < -0.3 is 10.1 Å². The maximum Gasteiger partial charge on any atom is 0.573 e. The van der Waals surface area contributed by atoms with Crippen molar-refractivity contribution in [2.75, 3.05) is 11.1 Å². The molecule has 1 N–H and O–H groups in total. The first-order chi connectivity index (χ1) is 12.4. The van der Waals surface area contributed by atoms with Crippen molar-refractivity contribution in [3.8, 4) is 5.75 Å². The number of alkyl halides is 3. The van der Waals surface area contributed by atoms with E-state index < -0.39 is 6.36 Å². The van der Waals surface area contributed by atoms with Crippen LogP contribution < -0.4 is 10.1 Å². The number of anilines is 1. The van der Waals surface area contributed by atoms with Crippen molar-refractivity contribution in [1.82, 2.24) is 0 Å². The number of nitrogens with one attached hydrogen (secondary N) is 1. The third-order valence-electron chi connectivity index (χ3n) is 3.25. The summed E-state index contributed by atoms with van der Waals surface area (Å²) < 4.78 is 40.9. The van der Waals surface area contributed by atoms with Crippen LogP contribution in [0.25, 0.3) is 0 Å². The van der Waals surface area contributed by atoms with E-state index in [4.69, 9.17) is 0 Å². The lowest BCUT2D eigenvalue weighted by atomic mass is 10.2. The smallest absolute Gasteiger partial charge is 0.406 e. The minimum absolute atomic E-state index is 0.162. The Morgan fingerprint density at radius 1 is 1.19 bits per heavy atom. The van der Waals surface area contributed by atoms with Gasteiger partial charge in [-0.15, -0.1) is 13.2 Å². The second-order valence-electron chi connectivity index (χ2n) is 5.20. The number of nitrogens with zero attached hydrogens (tertiary/aromatic N) is 1. The highest BCUT2D eigenvalue weighted by molar-refractivity contribution is 8.38. The molecule has 0 radical (unpaired) electrons. The topological polar surface area (TPSA) is 50.7 Å². The Morgan fingerprint density at radius 3 is 2.65 bits per heavy atom. The van der Waals surface area contributed by atoms with Crippen LogP contribution in [-0.2, 0) is 10.5 Å². The van der Waals surface area contributed by atoms with Crippen molar-refractivity contribution in [3.05, 3.63) is 54.1 Å². The molecule has 0 atom stereocenters. The molecule has 1 heterocycles. The van der Waals surface area contributed by atoms with E-state index in [0.29, 0.717) is 5.69 Å². The molecule has 0 saturated heterocycles. The van der Waals surface area contributed by atoms with E-state index in [1.54, 1.807) is 11.8 Å². The predicted molar refractivity (Wildman–Crippen MR) is 99.0 cm³/mol. The van der Waals surface area contributed by atoms with Gasteiger partial charge in [0, 0.05) is 11.4 Å². The Labute approximate surface area is 156 Å². The summed E-state index contributed by atoms with van der Waals surface area (Å²) in [4.78, 5) is 16.5. The number of amides is 1. The van der Waals surface area contributed by atoms with E-state index in [9.17, 15) is 18.0 Å². The molecule has 1 aliphatic rings. The molecule has 1 aliphatic heterocycles. The van der Waals surface area contributed by atoms with Gasteiger partial charge >= 0.3 is 6.36 Å². The zero-order chi connectivity index (χ0) is 18.6. The molecule has 0 unspecified atom stereocenters. The van der Waals surface area contributed by atoms with Crippen LogP contribution in [-0.4, -0.2) is 22.4 Å². The molecule has 9 heteroatoms. The molecule has 26 heavy (non-hydrogen) atoms. The quantitative estimate of drug-likeness (QED) is 0.770. The summed E-state index contributed by atoms with van der Waals surface area (Å²) in [7, 11) is 0. The molecule has 136 valence electrons. The number of rotatable bonds is 4. The molecule has 3 rings (SSSR count). The maximum atomic E-state index is 12.1. The molecule has 4 nitrogen and oxygen atoms in total. The standard InChI is InChI=1S/C17H13F3N2O2S2/c18-17(19,20)24-13-7-5-12(6-8-13)21-15(23)10-26-16-22-14-4-2-1-3-11(14)9-25-16/h1-8H,9-10H2,(H,21,23). The zero-order valence-electron chi connectivity index (χ0n) is 13.2. The summed E-state index contributed by atoms with van der Waals surface area (Å²) in [5.74, 6) is 0.372. The van der Waals surface area contributed by atoms with E-state index >= 15 is 0 Å².